The summed E-state index contributed by atoms with van der Waals surface area (Å²) < 4.78 is 1.67. The molecule has 0 fully saturated rings. The number of carbonyl (C=O) groups excluding carboxylic acids is 1. The minimum absolute atomic E-state index is 0.0725. The van der Waals surface area contributed by atoms with Crippen LogP contribution < -0.4 is 5.32 Å². The Hall–Kier alpha value is -1.48. The molecular formula is C12H16N6OS2. The first kappa shape index (κ1) is 14.5. The summed E-state index contributed by atoms with van der Waals surface area (Å²) in [6, 6.07) is 0. The fourth-order valence-electron chi connectivity index (χ4n) is 2.19. The van der Waals surface area contributed by atoms with E-state index in [-0.39, 0.29) is 11.7 Å². The van der Waals surface area contributed by atoms with E-state index in [0.29, 0.717) is 16.8 Å². The molecule has 9 heteroatoms. The summed E-state index contributed by atoms with van der Waals surface area (Å²) in [6.07, 6.45) is 4.53. The van der Waals surface area contributed by atoms with E-state index in [1.807, 2.05) is 6.92 Å². The van der Waals surface area contributed by atoms with Gasteiger partial charge in [0.25, 0.3) is 0 Å². The van der Waals surface area contributed by atoms with E-state index in [4.69, 9.17) is 0 Å². The predicted molar refractivity (Wildman–Crippen MR) is 81.6 cm³/mol. The Labute approximate surface area is 130 Å². The van der Waals surface area contributed by atoms with Gasteiger partial charge in [-0.2, -0.15) is 0 Å². The maximum Gasteiger partial charge on any atom is 0.236 e. The van der Waals surface area contributed by atoms with Crippen LogP contribution in [0.4, 0.5) is 5.13 Å². The Balaban J connectivity index is 1.55. The number of nitrogens with zero attached hydrogens (tertiary/aromatic N) is 5. The van der Waals surface area contributed by atoms with Gasteiger partial charge in [0.2, 0.25) is 11.1 Å². The molecule has 0 bridgehead atoms. The number of tetrazole rings is 1. The molecule has 21 heavy (non-hydrogen) atoms. The fraction of sp³-hybridized carbons (Fsp3) is 0.583. The third-order valence-corrected chi connectivity index (χ3v) is 5.25. The van der Waals surface area contributed by atoms with E-state index in [1.54, 1.807) is 16.0 Å². The molecule has 0 radical (unpaired) electrons. The molecule has 0 spiro atoms. The van der Waals surface area contributed by atoms with Gasteiger partial charge in [0.05, 0.1) is 11.4 Å². The normalized spacial score (nSPS) is 14.0. The van der Waals surface area contributed by atoms with Crippen LogP contribution in [0.25, 0.3) is 0 Å². The quantitative estimate of drug-likeness (QED) is 0.844. The Morgan fingerprint density at radius 3 is 3.10 bits per heavy atom. The maximum absolute atomic E-state index is 12.0. The molecule has 0 saturated carbocycles. The minimum Gasteiger partial charge on any atom is -0.301 e. The van der Waals surface area contributed by atoms with Crippen molar-refractivity contribution in [2.45, 2.75) is 44.3 Å². The molecule has 1 amide bonds. The van der Waals surface area contributed by atoms with Crippen LogP contribution in [0.2, 0.25) is 0 Å². The summed E-state index contributed by atoms with van der Waals surface area (Å²) in [5.41, 5.74) is 1.16. The molecule has 0 unspecified atom stereocenters. The summed E-state index contributed by atoms with van der Waals surface area (Å²) in [5, 5.41) is 15.6. The largest absolute Gasteiger partial charge is 0.301 e. The van der Waals surface area contributed by atoms with Crippen LogP contribution in [-0.4, -0.2) is 36.9 Å². The van der Waals surface area contributed by atoms with Crippen molar-refractivity contribution < 1.29 is 4.79 Å². The highest BCUT2D eigenvalue weighted by Crippen LogP contribution is 2.29. The molecule has 7 nitrogen and oxygen atoms in total. The number of nitrogens with one attached hydrogen (secondary N) is 1. The molecule has 0 aliphatic heterocycles. The van der Waals surface area contributed by atoms with Crippen LogP contribution in [0.1, 0.15) is 30.3 Å². The lowest BCUT2D eigenvalue weighted by Crippen LogP contribution is -2.14. The van der Waals surface area contributed by atoms with Crippen LogP contribution in [0.5, 0.6) is 0 Å². The van der Waals surface area contributed by atoms with Gasteiger partial charge in [-0.3, -0.25) is 4.79 Å². The number of thiazole rings is 1. The lowest BCUT2D eigenvalue weighted by molar-refractivity contribution is -0.113. The average molecular weight is 324 g/mol. The van der Waals surface area contributed by atoms with Crippen molar-refractivity contribution in [2.75, 3.05) is 11.1 Å². The van der Waals surface area contributed by atoms with Gasteiger partial charge in [-0.15, -0.1) is 16.4 Å². The van der Waals surface area contributed by atoms with Gasteiger partial charge in [0, 0.05) is 11.4 Å². The topological polar surface area (TPSA) is 85.6 Å². The van der Waals surface area contributed by atoms with Crippen LogP contribution >= 0.6 is 23.1 Å². The smallest absolute Gasteiger partial charge is 0.236 e. The molecular weight excluding hydrogens is 308 g/mol. The van der Waals surface area contributed by atoms with Gasteiger partial charge in [0.1, 0.15) is 0 Å². The summed E-state index contributed by atoms with van der Waals surface area (Å²) in [7, 11) is 0. The van der Waals surface area contributed by atoms with Crippen LogP contribution in [-0.2, 0) is 24.2 Å². The first-order valence-corrected chi connectivity index (χ1v) is 8.74. The van der Waals surface area contributed by atoms with Gasteiger partial charge < -0.3 is 5.32 Å². The van der Waals surface area contributed by atoms with E-state index >= 15 is 0 Å². The lowest BCUT2D eigenvalue weighted by atomic mass is 10.0. The standard InChI is InChI=1S/C12H16N6OS2/c1-2-18-12(15-16-17-18)20-7-10(19)14-11-13-8-5-3-4-6-9(8)21-11/h2-7H2,1H3,(H,13,14,19). The third-order valence-electron chi connectivity index (χ3n) is 3.22. The number of hydrogen-bond acceptors (Lipinski definition) is 7. The second kappa shape index (κ2) is 6.52. The third kappa shape index (κ3) is 3.41. The fourth-order valence-corrected chi connectivity index (χ4v) is 4.00. The van der Waals surface area contributed by atoms with E-state index in [2.05, 4.69) is 25.8 Å². The number of aromatic nitrogens is 5. The second-order valence-corrected chi connectivity index (χ2v) is 6.74. The highest BCUT2D eigenvalue weighted by atomic mass is 32.2. The highest BCUT2D eigenvalue weighted by molar-refractivity contribution is 7.99. The Kier molecular flexibility index (Phi) is 4.49. The Morgan fingerprint density at radius 2 is 2.29 bits per heavy atom. The second-order valence-electron chi connectivity index (χ2n) is 4.71. The zero-order valence-corrected chi connectivity index (χ0v) is 13.3. The summed E-state index contributed by atoms with van der Waals surface area (Å²) in [6.45, 7) is 2.65. The molecule has 2 aromatic rings. The van der Waals surface area contributed by atoms with E-state index in [9.17, 15) is 4.79 Å². The number of hydrogen-bond donors (Lipinski definition) is 1. The van der Waals surface area contributed by atoms with E-state index < -0.39 is 0 Å². The first-order valence-electron chi connectivity index (χ1n) is 6.93. The highest BCUT2D eigenvalue weighted by Gasteiger charge is 2.16. The van der Waals surface area contributed by atoms with Crippen molar-refractivity contribution in [1.82, 2.24) is 25.2 Å². The lowest BCUT2D eigenvalue weighted by Gasteiger charge is -2.06. The number of fused-ring (bicyclic) bond motifs is 1. The van der Waals surface area contributed by atoms with Crippen LogP contribution in [0, 0.1) is 0 Å². The Bertz CT molecular complexity index is 614. The zero-order valence-electron chi connectivity index (χ0n) is 11.7. The number of aryl methyl sites for hydroxylation is 3. The van der Waals surface area contributed by atoms with E-state index in [0.717, 1.165) is 18.5 Å². The van der Waals surface area contributed by atoms with Gasteiger partial charge in [-0.25, -0.2) is 9.67 Å². The molecule has 1 N–H and O–H groups in total. The summed E-state index contributed by atoms with van der Waals surface area (Å²) in [5.74, 6) is 0.210. The predicted octanol–water partition coefficient (Wildman–Crippen LogP) is 1.76. The van der Waals surface area contributed by atoms with Crippen molar-refractivity contribution >= 4 is 34.1 Å². The van der Waals surface area contributed by atoms with Crippen molar-refractivity contribution in [2.24, 2.45) is 0 Å². The van der Waals surface area contributed by atoms with Crippen molar-refractivity contribution in [1.29, 1.82) is 0 Å². The SMILES string of the molecule is CCn1nnnc1SCC(=O)Nc1nc2c(s1)CCCC2. The zero-order chi connectivity index (χ0) is 14.7. The van der Waals surface area contributed by atoms with Crippen molar-refractivity contribution in [3.05, 3.63) is 10.6 Å². The van der Waals surface area contributed by atoms with Crippen molar-refractivity contribution in [3.63, 3.8) is 0 Å². The molecule has 0 atom stereocenters. The Morgan fingerprint density at radius 1 is 1.43 bits per heavy atom. The molecule has 0 aromatic carbocycles. The molecule has 1 aliphatic carbocycles. The molecule has 112 valence electrons. The molecule has 3 rings (SSSR count). The van der Waals surface area contributed by atoms with Crippen LogP contribution in [0.15, 0.2) is 5.16 Å². The minimum atomic E-state index is -0.0725. The first-order chi connectivity index (χ1) is 10.3. The number of amides is 1. The number of anilines is 1. The maximum atomic E-state index is 12.0. The van der Waals surface area contributed by atoms with Gasteiger partial charge in [-0.05, 0) is 43.0 Å². The molecule has 2 aromatic heterocycles. The monoisotopic (exact) mass is 324 g/mol. The molecule has 0 saturated heterocycles. The van der Waals surface area contributed by atoms with E-state index in [1.165, 1.54) is 29.5 Å². The number of carbonyl (C=O) groups is 1. The summed E-state index contributed by atoms with van der Waals surface area (Å²) in [4.78, 5) is 17.8. The summed E-state index contributed by atoms with van der Waals surface area (Å²) >= 11 is 2.93. The van der Waals surface area contributed by atoms with Crippen LogP contribution in [0.3, 0.4) is 0 Å². The van der Waals surface area contributed by atoms with Crippen molar-refractivity contribution in [3.8, 4) is 0 Å². The van der Waals surface area contributed by atoms with Gasteiger partial charge in [-0.1, -0.05) is 11.8 Å². The van der Waals surface area contributed by atoms with Gasteiger partial charge >= 0.3 is 0 Å². The average Bonchev–Trinajstić information content (AvgIpc) is 3.10. The number of thioether (sulfide) groups is 1. The number of rotatable bonds is 5. The molecule has 1 aliphatic rings. The molecule has 2 heterocycles. The van der Waals surface area contributed by atoms with Gasteiger partial charge in [0.15, 0.2) is 5.13 Å².